The number of ether oxygens (including phenoxy) is 1. The number of aryl methyl sites for hydroxylation is 1. The summed E-state index contributed by atoms with van der Waals surface area (Å²) in [6, 6.07) is 7.02. The van der Waals surface area contributed by atoms with E-state index in [9.17, 15) is 14.4 Å². The molecule has 1 saturated carbocycles. The number of nitrogens with zero attached hydrogens (tertiary/aromatic N) is 4. The number of esters is 1. The predicted octanol–water partition coefficient (Wildman–Crippen LogP) is 2.05. The van der Waals surface area contributed by atoms with E-state index in [1.54, 1.807) is 0 Å². The Morgan fingerprint density at radius 1 is 1.24 bits per heavy atom. The number of aromatic nitrogens is 3. The summed E-state index contributed by atoms with van der Waals surface area (Å²) in [4.78, 5) is 50.8. The van der Waals surface area contributed by atoms with E-state index in [2.05, 4.69) is 32.5 Å². The summed E-state index contributed by atoms with van der Waals surface area (Å²) in [5.41, 5.74) is 6.66. The molecule has 11 nitrogen and oxygen atoms in total. The van der Waals surface area contributed by atoms with Crippen LogP contribution in [0.2, 0.25) is 0 Å². The van der Waals surface area contributed by atoms with Gasteiger partial charge in [-0.1, -0.05) is 25.1 Å². The van der Waals surface area contributed by atoms with Crippen LogP contribution >= 0.6 is 0 Å². The molecule has 3 amide bonds. The highest BCUT2D eigenvalue weighted by molar-refractivity contribution is 6.08. The van der Waals surface area contributed by atoms with Gasteiger partial charge in [-0.2, -0.15) is 15.0 Å². The highest BCUT2D eigenvalue weighted by atomic mass is 16.5. The maximum absolute atomic E-state index is 12.9. The van der Waals surface area contributed by atoms with E-state index in [-0.39, 0.29) is 30.2 Å². The zero-order valence-corrected chi connectivity index (χ0v) is 18.6. The van der Waals surface area contributed by atoms with E-state index in [0.29, 0.717) is 18.8 Å². The van der Waals surface area contributed by atoms with E-state index in [1.807, 2.05) is 31.2 Å². The first-order chi connectivity index (χ1) is 15.8. The maximum atomic E-state index is 12.9. The van der Waals surface area contributed by atoms with Crippen molar-refractivity contribution in [3.8, 4) is 0 Å². The van der Waals surface area contributed by atoms with Crippen LogP contribution in [0.15, 0.2) is 24.3 Å². The van der Waals surface area contributed by atoms with E-state index in [0.717, 1.165) is 29.0 Å². The van der Waals surface area contributed by atoms with Crippen molar-refractivity contribution in [2.45, 2.75) is 51.7 Å². The quantitative estimate of drug-likeness (QED) is 0.440. The molecule has 1 aliphatic carbocycles. The third-order valence-electron chi connectivity index (χ3n) is 6.11. The Balaban J connectivity index is 1.36. The van der Waals surface area contributed by atoms with Crippen LogP contribution in [0.5, 0.6) is 0 Å². The molecule has 0 radical (unpaired) electrons. The van der Waals surface area contributed by atoms with Crippen molar-refractivity contribution >= 4 is 35.5 Å². The van der Waals surface area contributed by atoms with Crippen molar-refractivity contribution in [1.29, 1.82) is 0 Å². The molecule has 1 aromatic heterocycles. The second-order valence-corrected chi connectivity index (χ2v) is 8.62. The Morgan fingerprint density at radius 2 is 1.97 bits per heavy atom. The number of carbonyl (C=O) groups is 3. The number of imide groups is 1. The summed E-state index contributed by atoms with van der Waals surface area (Å²) >= 11 is 0. The number of anilines is 3. The molecule has 1 aliphatic heterocycles. The maximum Gasteiger partial charge on any atom is 0.326 e. The molecule has 0 bridgehead atoms. The minimum atomic E-state index is -0.900. The third-order valence-corrected chi connectivity index (χ3v) is 6.11. The predicted molar refractivity (Wildman–Crippen MR) is 119 cm³/mol. The minimum Gasteiger partial charge on any atom is -0.456 e. The number of amides is 3. The number of nitrogen functional groups attached to an aromatic ring is 1. The summed E-state index contributed by atoms with van der Waals surface area (Å²) in [6.45, 7) is 3.31. The number of nitrogens with two attached hydrogens (primary N) is 1. The SMILES string of the molecule is Cc1ccccc1Nc1nc(N)nc(COC(=O)CN2C(=O)NC3(CCC(C)CC3)C2=O)n1. The fourth-order valence-electron chi connectivity index (χ4n) is 4.13. The van der Waals surface area contributed by atoms with E-state index in [4.69, 9.17) is 10.5 Å². The molecule has 0 unspecified atom stereocenters. The van der Waals surface area contributed by atoms with Gasteiger partial charge in [0.2, 0.25) is 11.9 Å². The number of rotatable bonds is 6. The van der Waals surface area contributed by atoms with Gasteiger partial charge in [0.05, 0.1) is 0 Å². The van der Waals surface area contributed by atoms with Gasteiger partial charge in [0, 0.05) is 5.69 Å². The van der Waals surface area contributed by atoms with Crippen molar-refractivity contribution in [3.05, 3.63) is 35.7 Å². The zero-order valence-electron chi connectivity index (χ0n) is 18.6. The van der Waals surface area contributed by atoms with Crippen LogP contribution in [0.25, 0.3) is 0 Å². The van der Waals surface area contributed by atoms with Crippen molar-refractivity contribution in [3.63, 3.8) is 0 Å². The molecule has 0 atom stereocenters. The van der Waals surface area contributed by atoms with Crippen LogP contribution in [0.1, 0.15) is 44.0 Å². The van der Waals surface area contributed by atoms with Crippen LogP contribution in [-0.4, -0.2) is 49.8 Å². The molecular formula is C22H27N7O4. The van der Waals surface area contributed by atoms with Gasteiger partial charge >= 0.3 is 12.0 Å². The monoisotopic (exact) mass is 453 g/mol. The lowest BCUT2D eigenvalue weighted by atomic mass is 9.77. The first-order valence-electron chi connectivity index (χ1n) is 10.9. The summed E-state index contributed by atoms with van der Waals surface area (Å²) in [5, 5.41) is 5.84. The average molecular weight is 454 g/mol. The van der Waals surface area contributed by atoms with Crippen molar-refractivity contribution < 1.29 is 19.1 Å². The summed E-state index contributed by atoms with van der Waals surface area (Å²) in [5.74, 6) is -0.281. The molecule has 1 saturated heterocycles. The van der Waals surface area contributed by atoms with Gasteiger partial charge in [-0.25, -0.2) is 4.79 Å². The molecule has 1 spiro atoms. The molecule has 2 fully saturated rings. The smallest absolute Gasteiger partial charge is 0.326 e. The molecule has 11 heteroatoms. The van der Waals surface area contributed by atoms with Crippen molar-refractivity contribution in [2.75, 3.05) is 17.6 Å². The first kappa shape index (κ1) is 22.4. The molecule has 2 aliphatic rings. The standard InChI is InChI=1S/C22H27N7O4/c1-13-7-9-22(10-8-13)18(31)29(21(32)28-22)11-17(30)33-12-16-25-19(23)27-20(26-16)24-15-6-4-3-5-14(15)2/h3-6,13H,7-12H2,1-2H3,(H,28,32)(H3,23,24,25,26,27). The van der Waals surface area contributed by atoms with E-state index in [1.165, 1.54) is 0 Å². The van der Waals surface area contributed by atoms with Gasteiger partial charge in [-0.3, -0.25) is 14.5 Å². The molecule has 4 rings (SSSR count). The van der Waals surface area contributed by atoms with Crippen LogP contribution in [0, 0.1) is 12.8 Å². The van der Waals surface area contributed by atoms with Crippen molar-refractivity contribution in [1.82, 2.24) is 25.2 Å². The van der Waals surface area contributed by atoms with Crippen molar-refractivity contribution in [2.24, 2.45) is 5.92 Å². The zero-order chi connectivity index (χ0) is 23.6. The molecule has 1 aromatic carbocycles. The number of benzene rings is 1. The number of nitrogens with one attached hydrogen (secondary N) is 2. The van der Waals surface area contributed by atoms with Crippen LogP contribution in [0.4, 0.5) is 22.4 Å². The number of hydrogen-bond donors (Lipinski definition) is 3. The molecular weight excluding hydrogens is 426 g/mol. The Morgan fingerprint density at radius 3 is 2.70 bits per heavy atom. The molecule has 174 valence electrons. The Labute approximate surface area is 191 Å². The number of urea groups is 1. The third kappa shape index (κ3) is 4.86. The minimum absolute atomic E-state index is 0.0327. The van der Waals surface area contributed by atoms with Gasteiger partial charge in [0.25, 0.3) is 5.91 Å². The molecule has 2 aromatic rings. The largest absolute Gasteiger partial charge is 0.456 e. The van der Waals surface area contributed by atoms with Crippen LogP contribution < -0.4 is 16.4 Å². The van der Waals surface area contributed by atoms with Crippen LogP contribution in [0.3, 0.4) is 0 Å². The fourth-order valence-corrected chi connectivity index (χ4v) is 4.13. The lowest BCUT2D eigenvalue weighted by Crippen LogP contribution is -2.49. The lowest BCUT2D eigenvalue weighted by molar-refractivity contribution is -0.149. The first-order valence-corrected chi connectivity index (χ1v) is 10.9. The second-order valence-electron chi connectivity index (χ2n) is 8.62. The average Bonchev–Trinajstić information content (AvgIpc) is 3.00. The number of hydrogen-bond acceptors (Lipinski definition) is 9. The topological polar surface area (TPSA) is 152 Å². The molecule has 4 N–H and O–H groups in total. The molecule has 2 heterocycles. The fraction of sp³-hybridized carbons (Fsp3) is 0.455. The second kappa shape index (κ2) is 9.00. The molecule has 33 heavy (non-hydrogen) atoms. The van der Waals surface area contributed by atoms with E-state index >= 15 is 0 Å². The summed E-state index contributed by atoms with van der Waals surface area (Å²) in [7, 11) is 0. The van der Waals surface area contributed by atoms with Gasteiger partial charge in [-0.15, -0.1) is 0 Å². The lowest BCUT2D eigenvalue weighted by Gasteiger charge is -2.33. The van der Waals surface area contributed by atoms with E-state index < -0.39 is 24.1 Å². The summed E-state index contributed by atoms with van der Waals surface area (Å²) < 4.78 is 5.21. The van der Waals surface area contributed by atoms with Gasteiger partial charge in [0.15, 0.2) is 12.4 Å². The van der Waals surface area contributed by atoms with Gasteiger partial charge < -0.3 is 21.1 Å². The Hall–Kier alpha value is -3.76. The van der Waals surface area contributed by atoms with Crippen LogP contribution in [-0.2, 0) is 20.9 Å². The van der Waals surface area contributed by atoms with Gasteiger partial charge in [-0.05, 0) is 50.2 Å². The Bertz CT molecular complexity index is 1080. The number of carbonyl (C=O) groups excluding carboxylic acids is 3. The normalized spacial score (nSPS) is 22.4. The highest BCUT2D eigenvalue weighted by Crippen LogP contribution is 2.36. The summed E-state index contributed by atoms with van der Waals surface area (Å²) in [6.07, 6.45) is 2.85. The Kier molecular flexibility index (Phi) is 6.12. The highest BCUT2D eigenvalue weighted by Gasteiger charge is 2.52. The number of para-hydroxylation sites is 1. The van der Waals surface area contributed by atoms with Gasteiger partial charge in [0.1, 0.15) is 12.1 Å².